The van der Waals surface area contributed by atoms with Gasteiger partial charge in [0.2, 0.25) is 5.91 Å². The van der Waals surface area contributed by atoms with Crippen molar-refractivity contribution in [1.82, 2.24) is 15.1 Å². The van der Waals surface area contributed by atoms with Crippen LogP contribution in [0.3, 0.4) is 0 Å². The second-order valence-corrected chi connectivity index (χ2v) is 6.65. The first-order valence-electron chi connectivity index (χ1n) is 8.46. The molecule has 1 amide bonds. The van der Waals surface area contributed by atoms with E-state index in [1.165, 1.54) is 11.1 Å². The largest absolute Gasteiger partial charge is 0.494 e. The predicted octanol–water partition coefficient (Wildman–Crippen LogP) is 2.22. The van der Waals surface area contributed by atoms with E-state index in [9.17, 15) is 9.90 Å². The number of aromatic nitrogens is 2. The fraction of sp³-hybridized carbons (Fsp3) is 0.474. The van der Waals surface area contributed by atoms with Gasteiger partial charge in [0.05, 0.1) is 19.3 Å². The molecule has 0 aliphatic carbocycles. The van der Waals surface area contributed by atoms with E-state index in [1.807, 2.05) is 25.1 Å². The van der Waals surface area contributed by atoms with Gasteiger partial charge in [-0.1, -0.05) is 6.07 Å². The molecule has 0 radical (unpaired) electrons. The van der Waals surface area contributed by atoms with Crippen LogP contribution in [0.25, 0.3) is 0 Å². The van der Waals surface area contributed by atoms with Gasteiger partial charge in [0.15, 0.2) is 0 Å². The summed E-state index contributed by atoms with van der Waals surface area (Å²) < 4.78 is 7.29. The number of carbonyl (C=O) groups excluding carboxylic acids is 1. The molecule has 136 valence electrons. The first kappa shape index (κ1) is 19.0. The fourth-order valence-electron chi connectivity index (χ4n) is 2.39. The minimum Gasteiger partial charge on any atom is -0.494 e. The number of carbonyl (C=O) groups is 1. The van der Waals surface area contributed by atoms with Gasteiger partial charge < -0.3 is 15.2 Å². The van der Waals surface area contributed by atoms with Gasteiger partial charge in [-0.3, -0.25) is 9.48 Å². The topological polar surface area (TPSA) is 76.4 Å². The molecule has 1 aromatic carbocycles. The monoisotopic (exact) mass is 345 g/mol. The Morgan fingerprint density at radius 2 is 2.12 bits per heavy atom. The number of nitrogens with one attached hydrogen (secondary N) is 1. The number of rotatable bonds is 8. The number of hydrogen-bond acceptors (Lipinski definition) is 4. The lowest BCUT2D eigenvalue weighted by Gasteiger charge is -2.22. The Morgan fingerprint density at radius 3 is 2.76 bits per heavy atom. The number of amides is 1. The van der Waals surface area contributed by atoms with Crippen LogP contribution in [0.2, 0.25) is 0 Å². The molecule has 1 aromatic heterocycles. The van der Waals surface area contributed by atoms with Crippen LogP contribution in [0.4, 0.5) is 0 Å². The molecule has 25 heavy (non-hydrogen) atoms. The van der Waals surface area contributed by atoms with Crippen molar-refractivity contribution < 1.29 is 14.6 Å². The van der Waals surface area contributed by atoms with Crippen LogP contribution >= 0.6 is 0 Å². The Hall–Kier alpha value is -2.34. The van der Waals surface area contributed by atoms with Crippen molar-refractivity contribution in [2.45, 2.75) is 39.2 Å². The zero-order chi connectivity index (χ0) is 18.4. The summed E-state index contributed by atoms with van der Waals surface area (Å²) >= 11 is 0. The lowest BCUT2D eigenvalue weighted by molar-refractivity contribution is -0.122. The number of hydrogen-bond donors (Lipinski definition) is 2. The van der Waals surface area contributed by atoms with Gasteiger partial charge in [-0.25, -0.2) is 0 Å². The van der Waals surface area contributed by atoms with Crippen LogP contribution in [0, 0.1) is 13.8 Å². The molecule has 1 heterocycles. The van der Waals surface area contributed by atoms with Crippen LogP contribution in [0.15, 0.2) is 30.6 Å². The second kappa shape index (κ2) is 8.16. The van der Waals surface area contributed by atoms with Crippen molar-refractivity contribution in [2.75, 3.05) is 13.2 Å². The van der Waals surface area contributed by atoms with Crippen LogP contribution in [-0.4, -0.2) is 33.9 Å². The van der Waals surface area contributed by atoms with Gasteiger partial charge in [0.25, 0.3) is 0 Å². The maximum Gasteiger partial charge on any atom is 0.220 e. The van der Waals surface area contributed by atoms with Gasteiger partial charge in [0.1, 0.15) is 11.4 Å². The van der Waals surface area contributed by atoms with E-state index < -0.39 is 5.60 Å². The molecule has 0 spiro atoms. The lowest BCUT2D eigenvalue weighted by atomic mass is 10.00. The highest BCUT2D eigenvalue weighted by atomic mass is 16.5. The Labute approximate surface area is 148 Å². The molecule has 0 saturated carbocycles. The van der Waals surface area contributed by atoms with Crippen molar-refractivity contribution in [2.24, 2.45) is 7.05 Å². The maximum atomic E-state index is 11.9. The molecule has 1 unspecified atom stereocenters. The highest BCUT2D eigenvalue weighted by molar-refractivity contribution is 5.75. The average molecular weight is 345 g/mol. The SMILES string of the molecule is Cc1ccc(OCCCC(=O)NCC(C)(O)c2cnn(C)c2)cc1C. The molecule has 1 atom stereocenters. The molecule has 6 nitrogen and oxygen atoms in total. The number of aliphatic hydroxyl groups is 1. The Kier molecular flexibility index (Phi) is 6.20. The highest BCUT2D eigenvalue weighted by Crippen LogP contribution is 2.19. The summed E-state index contributed by atoms with van der Waals surface area (Å²) in [5, 5.41) is 17.2. The third kappa shape index (κ3) is 5.60. The minimum absolute atomic E-state index is 0.104. The van der Waals surface area contributed by atoms with Crippen LogP contribution < -0.4 is 10.1 Å². The van der Waals surface area contributed by atoms with Crippen molar-refractivity contribution in [3.63, 3.8) is 0 Å². The standard InChI is InChI=1S/C19H27N3O3/c1-14-7-8-17(10-15(14)2)25-9-5-6-18(23)20-13-19(3,24)16-11-21-22(4)12-16/h7-8,10-12,24H,5-6,9,13H2,1-4H3,(H,20,23). The summed E-state index contributed by atoms with van der Waals surface area (Å²) in [6.45, 7) is 6.39. The first-order valence-corrected chi connectivity index (χ1v) is 8.46. The van der Waals surface area contributed by atoms with Gasteiger partial charge in [0, 0.05) is 25.2 Å². The number of benzene rings is 1. The maximum absolute atomic E-state index is 11.9. The zero-order valence-electron chi connectivity index (χ0n) is 15.4. The van der Waals surface area contributed by atoms with Gasteiger partial charge in [-0.2, -0.15) is 5.10 Å². The minimum atomic E-state index is -1.14. The van der Waals surface area contributed by atoms with E-state index in [-0.39, 0.29) is 12.5 Å². The molecule has 2 N–H and O–H groups in total. The summed E-state index contributed by atoms with van der Waals surface area (Å²) in [7, 11) is 1.79. The Balaban J connectivity index is 1.69. The van der Waals surface area contributed by atoms with Crippen LogP contribution in [0.5, 0.6) is 5.75 Å². The second-order valence-electron chi connectivity index (χ2n) is 6.65. The Bertz CT molecular complexity index is 722. The third-order valence-corrected chi connectivity index (χ3v) is 4.25. The molecule has 0 fully saturated rings. The van der Waals surface area contributed by atoms with E-state index >= 15 is 0 Å². The Morgan fingerprint density at radius 1 is 1.36 bits per heavy atom. The molecule has 0 aliphatic rings. The fourth-order valence-corrected chi connectivity index (χ4v) is 2.39. The number of aryl methyl sites for hydroxylation is 3. The third-order valence-electron chi connectivity index (χ3n) is 4.25. The summed E-state index contributed by atoms with van der Waals surface area (Å²) in [5.74, 6) is 0.718. The van der Waals surface area contributed by atoms with Gasteiger partial charge >= 0.3 is 0 Å². The number of nitrogens with zero attached hydrogens (tertiary/aromatic N) is 2. The zero-order valence-corrected chi connectivity index (χ0v) is 15.4. The molecule has 2 rings (SSSR count). The van der Waals surface area contributed by atoms with Gasteiger partial charge in [-0.15, -0.1) is 0 Å². The number of ether oxygens (including phenoxy) is 1. The summed E-state index contributed by atoms with van der Waals surface area (Å²) in [5.41, 5.74) is 1.95. The first-order chi connectivity index (χ1) is 11.8. The molecule has 0 saturated heterocycles. The summed E-state index contributed by atoms with van der Waals surface area (Å²) in [6.07, 6.45) is 4.31. The van der Waals surface area contributed by atoms with E-state index in [1.54, 1.807) is 31.0 Å². The lowest BCUT2D eigenvalue weighted by Crippen LogP contribution is -2.38. The molecular formula is C19H27N3O3. The molecule has 0 bridgehead atoms. The smallest absolute Gasteiger partial charge is 0.220 e. The van der Waals surface area contributed by atoms with Gasteiger partial charge in [-0.05, 0) is 50.5 Å². The van der Waals surface area contributed by atoms with E-state index in [4.69, 9.17) is 4.74 Å². The summed E-state index contributed by atoms with van der Waals surface area (Å²) in [6, 6.07) is 5.96. The molecule has 2 aromatic rings. The van der Waals surface area contributed by atoms with E-state index in [0.29, 0.717) is 25.0 Å². The molecule has 0 aliphatic heterocycles. The van der Waals surface area contributed by atoms with E-state index in [2.05, 4.69) is 17.3 Å². The van der Waals surface area contributed by atoms with Crippen molar-refractivity contribution in [3.05, 3.63) is 47.3 Å². The van der Waals surface area contributed by atoms with E-state index in [0.717, 1.165) is 5.75 Å². The van der Waals surface area contributed by atoms with Crippen molar-refractivity contribution in [1.29, 1.82) is 0 Å². The normalized spacial score (nSPS) is 13.3. The average Bonchev–Trinajstić information content (AvgIpc) is 3.00. The van der Waals surface area contributed by atoms with Crippen molar-refractivity contribution in [3.8, 4) is 5.75 Å². The molecule has 6 heteroatoms. The van der Waals surface area contributed by atoms with Crippen molar-refractivity contribution >= 4 is 5.91 Å². The predicted molar refractivity (Wildman–Crippen MR) is 96.4 cm³/mol. The van der Waals surface area contributed by atoms with Crippen LogP contribution in [0.1, 0.15) is 36.5 Å². The van der Waals surface area contributed by atoms with Crippen LogP contribution in [-0.2, 0) is 17.4 Å². The summed E-state index contributed by atoms with van der Waals surface area (Å²) in [4.78, 5) is 11.9. The molecular weight excluding hydrogens is 318 g/mol. The highest BCUT2D eigenvalue weighted by Gasteiger charge is 2.25. The quantitative estimate of drug-likeness (QED) is 0.719.